The summed E-state index contributed by atoms with van der Waals surface area (Å²) in [4.78, 5) is 11.8. The first-order valence-corrected chi connectivity index (χ1v) is 6.78. The average Bonchev–Trinajstić information content (AvgIpc) is 2.43. The lowest BCUT2D eigenvalue weighted by atomic mass is 10.0. The second-order valence-corrected chi connectivity index (χ2v) is 5.17. The maximum atomic E-state index is 11.8. The standard InChI is InChI=1S/C15H24N2O3/c1-10(2)7-13(15(19)16-3)17-9-11-8-12(20-4)5-6-14(11)18/h5-6,8,10,13,17-18H,7,9H2,1-4H3,(H,16,19). The molecule has 3 N–H and O–H groups in total. The summed E-state index contributed by atoms with van der Waals surface area (Å²) in [6.07, 6.45) is 0.740. The zero-order valence-corrected chi connectivity index (χ0v) is 12.6. The van der Waals surface area contributed by atoms with Crippen LogP contribution in [-0.2, 0) is 11.3 Å². The fourth-order valence-corrected chi connectivity index (χ4v) is 1.99. The van der Waals surface area contributed by atoms with E-state index in [1.165, 1.54) is 0 Å². The van der Waals surface area contributed by atoms with Crippen LogP contribution in [0.3, 0.4) is 0 Å². The summed E-state index contributed by atoms with van der Waals surface area (Å²) >= 11 is 0. The van der Waals surface area contributed by atoms with Crippen molar-refractivity contribution < 1.29 is 14.6 Å². The van der Waals surface area contributed by atoms with Crippen molar-refractivity contribution in [3.8, 4) is 11.5 Å². The molecule has 0 aliphatic rings. The Labute approximate surface area is 120 Å². The number of phenols is 1. The van der Waals surface area contributed by atoms with Crippen LogP contribution in [0.1, 0.15) is 25.8 Å². The van der Waals surface area contributed by atoms with E-state index in [4.69, 9.17) is 4.74 Å². The second kappa shape index (κ2) is 7.75. The minimum absolute atomic E-state index is 0.0407. The number of methoxy groups -OCH3 is 1. The number of hydrogen-bond acceptors (Lipinski definition) is 4. The van der Waals surface area contributed by atoms with Gasteiger partial charge in [-0.15, -0.1) is 0 Å². The number of ether oxygens (including phenoxy) is 1. The molecule has 1 amide bonds. The maximum absolute atomic E-state index is 11.8. The number of likely N-dealkylation sites (N-methyl/N-ethyl adjacent to an activating group) is 1. The van der Waals surface area contributed by atoms with E-state index in [0.717, 1.165) is 6.42 Å². The van der Waals surface area contributed by atoms with E-state index in [1.807, 2.05) is 0 Å². The van der Waals surface area contributed by atoms with Crippen LogP contribution in [-0.4, -0.2) is 31.2 Å². The molecule has 0 radical (unpaired) electrons. The third-order valence-corrected chi connectivity index (χ3v) is 3.10. The van der Waals surface area contributed by atoms with E-state index >= 15 is 0 Å². The van der Waals surface area contributed by atoms with Crippen molar-refractivity contribution in [2.75, 3.05) is 14.2 Å². The lowest BCUT2D eigenvalue weighted by Crippen LogP contribution is -2.43. The van der Waals surface area contributed by atoms with Gasteiger partial charge in [-0.3, -0.25) is 4.79 Å². The Morgan fingerprint density at radius 1 is 1.40 bits per heavy atom. The van der Waals surface area contributed by atoms with Crippen molar-refractivity contribution in [3.63, 3.8) is 0 Å². The van der Waals surface area contributed by atoms with Crippen molar-refractivity contribution >= 4 is 5.91 Å². The molecule has 0 fully saturated rings. The van der Waals surface area contributed by atoms with Gasteiger partial charge in [-0.05, 0) is 30.5 Å². The number of carbonyl (C=O) groups excluding carboxylic acids is 1. The SMILES string of the molecule is CNC(=O)C(CC(C)C)NCc1cc(OC)ccc1O. The molecule has 0 bridgehead atoms. The zero-order chi connectivity index (χ0) is 15.1. The molecule has 20 heavy (non-hydrogen) atoms. The van der Waals surface area contributed by atoms with Crippen molar-refractivity contribution in [1.82, 2.24) is 10.6 Å². The molecule has 0 aromatic heterocycles. The summed E-state index contributed by atoms with van der Waals surface area (Å²) < 4.78 is 5.13. The molecule has 0 spiro atoms. The monoisotopic (exact) mass is 280 g/mol. The Morgan fingerprint density at radius 2 is 2.10 bits per heavy atom. The largest absolute Gasteiger partial charge is 0.508 e. The third-order valence-electron chi connectivity index (χ3n) is 3.10. The average molecular weight is 280 g/mol. The van der Waals surface area contributed by atoms with Crippen LogP contribution >= 0.6 is 0 Å². The molecule has 5 heteroatoms. The predicted molar refractivity (Wildman–Crippen MR) is 78.8 cm³/mol. The Kier molecular flexibility index (Phi) is 6.31. The number of phenolic OH excluding ortho intramolecular Hbond substituents is 1. The summed E-state index contributed by atoms with van der Waals surface area (Å²) in [6.45, 7) is 4.55. The molecule has 0 heterocycles. The molecule has 0 aliphatic carbocycles. The van der Waals surface area contributed by atoms with Crippen LogP contribution in [0.25, 0.3) is 0 Å². The Hall–Kier alpha value is -1.75. The van der Waals surface area contributed by atoms with Gasteiger partial charge in [0.2, 0.25) is 5.91 Å². The Bertz CT molecular complexity index is 447. The fourth-order valence-electron chi connectivity index (χ4n) is 1.99. The topological polar surface area (TPSA) is 70.6 Å². The molecule has 1 aromatic carbocycles. The van der Waals surface area contributed by atoms with E-state index in [2.05, 4.69) is 24.5 Å². The van der Waals surface area contributed by atoms with Gasteiger partial charge in [-0.25, -0.2) is 0 Å². The van der Waals surface area contributed by atoms with E-state index in [9.17, 15) is 9.90 Å². The van der Waals surface area contributed by atoms with Gasteiger partial charge in [0, 0.05) is 19.2 Å². The van der Waals surface area contributed by atoms with Gasteiger partial charge in [0.15, 0.2) is 0 Å². The summed E-state index contributed by atoms with van der Waals surface area (Å²) in [6, 6.07) is 4.78. The first-order valence-electron chi connectivity index (χ1n) is 6.78. The van der Waals surface area contributed by atoms with Crippen molar-refractivity contribution in [3.05, 3.63) is 23.8 Å². The van der Waals surface area contributed by atoms with Crippen LogP contribution in [0, 0.1) is 5.92 Å². The van der Waals surface area contributed by atoms with Crippen LogP contribution in [0.15, 0.2) is 18.2 Å². The molecule has 1 unspecified atom stereocenters. The van der Waals surface area contributed by atoms with Gasteiger partial charge >= 0.3 is 0 Å². The third kappa shape index (κ3) is 4.74. The van der Waals surface area contributed by atoms with Crippen molar-refractivity contribution in [2.45, 2.75) is 32.9 Å². The summed E-state index contributed by atoms with van der Waals surface area (Å²) in [5.41, 5.74) is 0.710. The van der Waals surface area contributed by atoms with Gasteiger partial charge in [0.05, 0.1) is 13.2 Å². The lowest BCUT2D eigenvalue weighted by molar-refractivity contribution is -0.123. The highest BCUT2D eigenvalue weighted by molar-refractivity contribution is 5.81. The van der Waals surface area contributed by atoms with Gasteiger partial charge in [0.25, 0.3) is 0 Å². The number of hydrogen-bond donors (Lipinski definition) is 3. The minimum Gasteiger partial charge on any atom is -0.508 e. The molecular weight excluding hydrogens is 256 g/mol. The first-order chi connectivity index (χ1) is 9.47. The molecule has 0 aliphatic heterocycles. The highest BCUT2D eigenvalue weighted by Crippen LogP contribution is 2.22. The van der Waals surface area contributed by atoms with Crippen LogP contribution in [0.2, 0.25) is 0 Å². The minimum atomic E-state index is -0.273. The van der Waals surface area contributed by atoms with E-state index in [1.54, 1.807) is 32.4 Å². The molecule has 1 aromatic rings. The highest BCUT2D eigenvalue weighted by Gasteiger charge is 2.18. The first kappa shape index (κ1) is 16.3. The number of aromatic hydroxyl groups is 1. The lowest BCUT2D eigenvalue weighted by Gasteiger charge is -2.19. The van der Waals surface area contributed by atoms with Gasteiger partial charge in [-0.2, -0.15) is 0 Å². The van der Waals surface area contributed by atoms with Gasteiger partial charge in [0.1, 0.15) is 11.5 Å². The summed E-state index contributed by atoms with van der Waals surface area (Å²) in [7, 11) is 3.20. The Balaban J connectivity index is 2.73. The quantitative estimate of drug-likeness (QED) is 0.710. The molecule has 0 saturated carbocycles. The summed E-state index contributed by atoms with van der Waals surface area (Å²) in [5, 5.41) is 15.7. The molecule has 1 atom stereocenters. The van der Waals surface area contributed by atoms with Crippen molar-refractivity contribution in [2.24, 2.45) is 5.92 Å². The number of nitrogens with one attached hydrogen (secondary N) is 2. The number of benzene rings is 1. The van der Waals surface area contributed by atoms with E-state index < -0.39 is 0 Å². The van der Waals surface area contributed by atoms with Crippen LogP contribution in [0.4, 0.5) is 0 Å². The molecule has 0 saturated heterocycles. The molecule has 1 rings (SSSR count). The maximum Gasteiger partial charge on any atom is 0.236 e. The van der Waals surface area contributed by atoms with E-state index in [-0.39, 0.29) is 17.7 Å². The van der Waals surface area contributed by atoms with E-state index in [0.29, 0.717) is 23.8 Å². The molecular formula is C15H24N2O3. The zero-order valence-electron chi connectivity index (χ0n) is 12.6. The second-order valence-electron chi connectivity index (χ2n) is 5.17. The van der Waals surface area contributed by atoms with Gasteiger partial charge in [-0.1, -0.05) is 13.8 Å². The highest BCUT2D eigenvalue weighted by atomic mass is 16.5. The smallest absolute Gasteiger partial charge is 0.236 e. The Morgan fingerprint density at radius 3 is 2.65 bits per heavy atom. The van der Waals surface area contributed by atoms with Crippen molar-refractivity contribution in [1.29, 1.82) is 0 Å². The number of rotatable bonds is 7. The predicted octanol–water partition coefficient (Wildman–Crippen LogP) is 1.65. The molecule has 5 nitrogen and oxygen atoms in total. The van der Waals surface area contributed by atoms with Crippen LogP contribution < -0.4 is 15.4 Å². The number of carbonyl (C=O) groups is 1. The summed E-state index contributed by atoms with van der Waals surface area (Å²) in [5.74, 6) is 1.24. The van der Waals surface area contributed by atoms with Crippen LogP contribution in [0.5, 0.6) is 11.5 Å². The normalized spacial score (nSPS) is 12.2. The molecule has 112 valence electrons. The fraction of sp³-hybridized carbons (Fsp3) is 0.533. The number of amides is 1. The van der Waals surface area contributed by atoms with Gasteiger partial charge < -0.3 is 20.5 Å².